The standard InChI is InChI=1S/C24H21F5N4O2/c25-19-12-16(21-30-31-23(35-21)24(27,28)29)13-20(26)18(19)14-33(17-4-2-1-3-5-17)22(15-6-7-15)32-8-10-34-11-9-32/h1-5,12-13H,6-11,14H2. The van der Waals surface area contributed by atoms with Gasteiger partial charge in [-0.05, 0) is 42.7 Å². The Morgan fingerprint density at radius 1 is 0.971 bits per heavy atom. The van der Waals surface area contributed by atoms with Gasteiger partial charge in [-0.25, -0.2) is 8.78 Å². The molecular weight excluding hydrogens is 471 g/mol. The second kappa shape index (κ2) is 9.29. The summed E-state index contributed by atoms with van der Waals surface area (Å²) in [6.07, 6.45) is -3.05. The molecule has 2 fully saturated rings. The van der Waals surface area contributed by atoms with Crippen LogP contribution in [0.2, 0.25) is 0 Å². The van der Waals surface area contributed by atoms with Gasteiger partial charge in [-0.1, -0.05) is 18.2 Å². The van der Waals surface area contributed by atoms with Gasteiger partial charge in [0.15, 0.2) is 0 Å². The number of hydrogen-bond acceptors (Lipinski definition) is 6. The van der Waals surface area contributed by atoms with Crippen LogP contribution in [0.4, 0.5) is 27.6 Å². The van der Waals surface area contributed by atoms with Gasteiger partial charge in [0.05, 0.1) is 19.8 Å². The predicted octanol–water partition coefficient (Wildman–Crippen LogP) is 5.38. The number of ether oxygens (including phenoxy) is 1. The van der Waals surface area contributed by atoms with Crippen molar-refractivity contribution in [3.8, 4) is 11.5 Å². The first-order valence-electron chi connectivity index (χ1n) is 11.1. The summed E-state index contributed by atoms with van der Waals surface area (Å²) in [5.41, 5.74) is 1.47. The Morgan fingerprint density at radius 3 is 2.20 bits per heavy atom. The number of halogens is 5. The number of para-hydroxylation sites is 1. The number of allylic oxidation sites excluding steroid dienone is 1. The first-order valence-corrected chi connectivity index (χ1v) is 11.1. The molecule has 1 saturated carbocycles. The molecule has 0 N–H and O–H groups in total. The van der Waals surface area contributed by atoms with Crippen LogP contribution in [0.5, 0.6) is 0 Å². The summed E-state index contributed by atoms with van der Waals surface area (Å²) < 4.78 is 78.8. The van der Waals surface area contributed by atoms with Gasteiger partial charge in [0, 0.05) is 29.9 Å². The van der Waals surface area contributed by atoms with Crippen molar-refractivity contribution in [2.45, 2.75) is 25.6 Å². The lowest BCUT2D eigenvalue weighted by molar-refractivity contribution is -0.156. The molecule has 35 heavy (non-hydrogen) atoms. The molecule has 0 unspecified atom stereocenters. The monoisotopic (exact) mass is 492 g/mol. The van der Waals surface area contributed by atoms with Crippen molar-refractivity contribution < 1.29 is 31.1 Å². The van der Waals surface area contributed by atoms with Crippen LogP contribution in [-0.4, -0.2) is 41.4 Å². The third-order valence-corrected chi connectivity index (χ3v) is 5.82. The second-order valence-electron chi connectivity index (χ2n) is 8.28. The van der Waals surface area contributed by atoms with Gasteiger partial charge in [0.2, 0.25) is 5.89 Å². The van der Waals surface area contributed by atoms with Gasteiger partial charge in [-0.15, -0.1) is 10.2 Å². The van der Waals surface area contributed by atoms with E-state index in [0.29, 0.717) is 26.3 Å². The van der Waals surface area contributed by atoms with Crippen LogP contribution in [0.15, 0.2) is 58.3 Å². The van der Waals surface area contributed by atoms with Gasteiger partial charge in [-0.2, -0.15) is 13.2 Å². The van der Waals surface area contributed by atoms with Crippen LogP contribution < -0.4 is 4.90 Å². The molecule has 5 rings (SSSR count). The number of benzene rings is 2. The third-order valence-electron chi connectivity index (χ3n) is 5.82. The zero-order valence-electron chi connectivity index (χ0n) is 18.5. The number of anilines is 1. The first kappa shape index (κ1) is 23.3. The van der Waals surface area contributed by atoms with Gasteiger partial charge >= 0.3 is 12.1 Å². The largest absolute Gasteiger partial charge is 0.470 e. The minimum Gasteiger partial charge on any atom is -0.413 e. The Morgan fingerprint density at radius 2 is 1.63 bits per heavy atom. The molecule has 0 atom stereocenters. The molecule has 1 aliphatic carbocycles. The molecule has 2 aliphatic rings. The fourth-order valence-corrected chi connectivity index (χ4v) is 4.03. The van der Waals surface area contributed by atoms with Gasteiger partial charge in [0.25, 0.3) is 0 Å². The summed E-state index contributed by atoms with van der Waals surface area (Å²) in [6, 6.07) is 11.1. The Kier molecular flexibility index (Phi) is 6.18. The summed E-state index contributed by atoms with van der Waals surface area (Å²) >= 11 is 0. The predicted molar refractivity (Wildman–Crippen MR) is 116 cm³/mol. The van der Waals surface area contributed by atoms with Gasteiger partial charge in [-0.3, -0.25) is 0 Å². The topological polar surface area (TPSA) is 54.6 Å². The van der Waals surface area contributed by atoms with E-state index < -0.39 is 29.6 Å². The van der Waals surface area contributed by atoms with Gasteiger partial charge in [0.1, 0.15) is 17.5 Å². The van der Waals surface area contributed by atoms with E-state index in [-0.39, 0.29) is 17.7 Å². The molecule has 0 amide bonds. The number of hydrogen-bond donors (Lipinski definition) is 0. The van der Waals surface area contributed by atoms with Crippen LogP contribution in [0.1, 0.15) is 24.3 Å². The summed E-state index contributed by atoms with van der Waals surface area (Å²) in [7, 11) is 0. The molecule has 1 saturated heterocycles. The summed E-state index contributed by atoms with van der Waals surface area (Å²) in [5.74, 6) is -3.13. The fourth-order valence-electron chi connectivity index (χ4n) is 4.03. The van der Waals surface area contributed by atoms with Crippen LogP contribution in [0.3, 0.4) is 0 Å². The van der Waals surface area contributed by atoms with Crippen molar-refractivity contribution in [2.24, 2.45) is 0 Å². The SMILES string of the molecule is Fc1cc(-c2nnc(C(F)(F)F)o2)cc(F)c1CN(C(=C1CC1)N1CCOCC1)c1ccccc1. The lowest BCUT2D eigenvalue weighted by Gasteiger charge is -2.38. The molecule has 0 bridgehead atoms. The Balaban J connectivity index is 1.50. The van der Waals surface area contributed by atoms with Crippen molar-refractivity contribution in [1.29, 1.82) is 0 Å². The van der Waals surface area contributed by atoms with Crippen LogP contribution >= 0.6 is 0 Å². The molecular formula is C24H21F5N4O2. The average molecular weight is 492 g/mol. The molecule has 11 heteroatoms. The molecule has 1 aromatic heterocycles. The Hall–Kier alpha value is -3.47. The number of aromatic nitrogens is 2. The highest BCUT2D eigenvalue weighted by molar-refractivity contribution is 5.57. The Labute approximate surface area is 197 Å². The number of nitrogens with zero attached hydrogens (tertiary/aromatic N) is 4. The van der Waals surface area contributed by atoms with Gasteiger partial charge < -0.3 is 19.0 Å². The van der Waals surface area contributed by atoms with E-state index in [1.54, 1.807) is 0 Å². The first-order chi connectivity index (χ1) is 16.8. The van der Waals surface area contributed by atoms with E-state index in [9.17, 15) is 13.2 Å². The van der Waals surface area contributed by atoms with E-state index in [0.717, 1.165) is 36.5 Å². The average Bonchev–Trinajstić information content (AvgIpc) is 3.53. The van der Waals surface area contributed by atoms with Crippen molar-refractivity contribution in [3.63, 3.8) is 0 Å². The normalized spacial score (nSPS) is 15.9. The van der Waals surface area contributed by atoms with Crippen molar-refractivity contribution in [2.75, 3.05) is 31.2 Å². The smallest absolute Gasteiger partial charge is 0.413 e. The molecule has 184 valence electrons. The maximum absolute atomic E-state index is 15.2. The molecule has 2 heterocycles. The lowest BCUT2D eigenvalue weighted by Crippen LogP contribution is -2.42. The van der Waals surface area contributed by atoms with Crippen LogP contribution in [0, 0.1) is 11.6 Å². The molecule has 0 spiro atoms. The molecule has 3 aromatic rings. The molecule has 2 aromatic carbocycles. The second-order valence-corrected chi connectivity index (χ2v) is 8.28. The summed E-state index contributed by atoms with van der Waals surface area (Å²) in [5, 5.41) is 6.21. The highest BCUT2D eigenvalue weighted by Crippen LogP contribution is 2.38. The summed E-state index contributed by atoms with van der Waals surface area (Å²) in [6.45, 7) is 2.31. The molecule has 0 radical (unpaired) electrons. The van der Waals surface area contributed by atoms with E-state index >= 15 is 8.78 Å². The van der Waals surface area contributed by atoms with E-state index in [1.807, 2.05) is 35.2 Å². The van der Waals surface area contributed by atoms with Crippen molar-refractivity contribution >= 4 is 5.69 Å². The number of alkyl halides is 3. The zero-order chi connectivity index (χ0) is 24.6. The molecule has 6 nitrogen and oxygen atoms in total. The van der Waals surface area contributed by atoms with E-state index in [1.165, 1.54) is 5.57 Å². The Bertz CT molecular complexity index is 1210. The third kappa shape index (κ3) is 5.00. The highest BCUT2D eigenvalue weighted by Gasteiger charge is 2.38. The zero-order valence-corrected chi connectivity index (χ0v) is 18.5. The number of rotatable bonds is 6. The fraction of sp³-hybridized carbons (Fsp3) is 0.333. The van der Waals surface area contributed by atoms with Crippen LogP contribution in [0.25, 0.3) is 11.5 Å². The maximum atomic E-state index is 15.2. The summed E-state index contributed by atoms with van der Waals surface area (Å²) in [4.78, 5) is 4.05. The number of morpholine rings is 1. The van der Waals surface area contributed by atoms with E-state index in [2.05, 4.69) is 19.5 Å². The van der Waals surface area contributed by atoms with E-state index in [4.69, 9.17) is 4.74 Å². The van der Waals surface area contributed by atoms with Crippen molar-refractivity contribution in [1.82, 2.24) is 15.1 Å². The maximum Gasteiger partial charge on any atom is 0.470 e. The lowest BCUT2D eigenvalue weighted by atomic mass is 10.1. The quantitative estimate of drug-likeness (QED) is 0.431. The minimum absolute atomic E-state index is 0.115. The minimum atomic E-state index is -4.86. The van der Waals surface area contributed by atoms with Crippen LogP contribution in [-0.2, 0) is 17.5 Å². The van der Waals surface area contributed by atoms with Crippen molar-refractivity contribution in [3.05, 3.63) is 76.9 Å². The highest BCUT2D eigenvalue weighted by atomic mass is 19.4. The molecule has 1 aliphatic heterocycles.